The lowest BCUT2D eigenvalue weighted by Gasteiger charge is -2.21. The van der Waals surface area contributed by atoms with E-state index >= 15 is 0 Å². The summed E-state index contributed by atoms with van der Waals surface area (Å²) in [5.41, 5.74) is 8.77. The van der Waals surface area contributed by atoms with Crippen LogP contribution in [-0.4, -0.2) is 4.98 Å². The van der Waals surface area contributed by atoms with Gasteiger partial charge in [-0.15, -0.1) is 0 Å². The van der Waals surface area contributed by atoms with Gasteiger partial charge in [-0.3, -0.25) is 4.98 Å². The highest BCUT2D eigenvalue weighted by Crippen LogP contribution is 2.28. The molecule has 108 valence electrons. The van der Waals surface area contributed by atoms with Crippen molar-refractivity contribution >= 4 is 10.9 Å². The molecule has 2 nitrogen and oxygen atoms in total. The number of para-hydroxylation sites is 1. The second-order valence-corrected chi connectivity index (χ2v) is 5.68. The number of unbranched alkanes of at least 4 members (excludes halogenated alkanes) is 1. The Labute approximate surface area is 122 Å². The fourth-order valence-corrected chi connectivity index (χ4v) is 2.91. The van der Waals surface area contributed by atoms with E-state index in [1.165, 1.54) is 36.6 Å². The van der Waals surface area contributed by atoms with Gasteiger partial charge < -0.3 is 5.73 Å². The smallest absolute Gasteiger partial charge is 0.0705 e. The third kappa shape index (κ3) is 3.57. The first-order valence-electron chi connectivity index (χ1n) is 7.85. The van der Waals surface area contributed by atoms with Gasteiger partial charge in [0.1, 0.15) is 0 Å². The van der Waals surface area contributed by atoms with E-state index in [0.717, 1.165) is 17.9 Å². The molecule has 0 saturated heterocycles. The van der Waals surface area contributed by atoms with Gasteiger partial charge in [-0.05, 0) is 30.0 Å². The summed E-state index contributed by atoms with van der Waals surface area (Å²) in [6, 6.07) is 10.5. The number of nitrogens with zero attached hydrogens (tertiary/aromatic N) is 1. The highest BCUT2D eigenvalue weighted by atomic mass is 14.7. The molecule has 1 aromatic heterocycles. The van der Waals surface area contributed by atoms with Gasteiger partial charge >= 0.3 is 0 Å². The van der Waals surface area contributed by atoms with Crippen LogP contribution in [0.5, 0.6) is 0 Å². The van der Waals surface area contributed by atoms with Crippen LogP contribution < -0.4 is 5.73 Å². The molecule has 0 radical (unpaired) electrons. The van der Waals surface area contributed by atoms with Crippen molar-refractivity contribution in [2.24, 2.45) is 11.7 Å². The van der Waals surface area contributed by atoms with Crippen molar-refractivity contribution in [2.75, 3.05) is 0 Å². The fraction of sp³-hybridized carbons (Fsp3) is 0.500. The molecule has 0 aliphatic heterocycles. The molecule has 2 aromatic rings. The van der Waals surface area contributed by atoms with Crippen LogP contribution in [0.25, 0.3) is 10.9 Å². The number of rotatable bonds is 7. The molecule has 20 heavy (non-hydrogen) atoms. The van der Waals surface area contributed by atoms with Gasteiger partial charge in [0, 0.05) is 17.6 Å². The maximum absolute atomic E-state index is 6.48. The average Bonchev–Trinajstić information content (AvgIpc) is 2.50. The van der Waals surface area contributed by atoms with Crippen molar-refractivity contribution in [3.63, 3.8) is 0 Å². The van der Waals surface area contributed by atoms with Crippen molar-refractivity contribution in [2.45, 2.75) is 52.0 Å². The highest BCUT2D eigenvalue weighted by molar-refractivity contribution is 5.82. The van der Waals surface area contributed by atoms with E-state index in [4.69, 9.17) is 5.73 Å². The minimum Gasteiger partial charge on any atom is -0.324 e. The zero-order valence-electron chi connectivity index (χ0n) is 12.7. The van der Waals surface area contributed by atoms with Gasteiger partial charge in [-0.25, -0.2) is 0 Å². The monoisotopic (exact) mass is 270 g/mol. The van der Waals surface area contributed by atoms with E-state index in [9.17, 15) is 0 Å². The summed E-state index contributed by atoms with van der Waals surface area (Å²) in [6.07, 6.45) is 8.04. The van der Waals surface area contributed by atoms with E-state index in [0.29, 0.717) is 0 Å². The predicted octanol–water partition coefficient (Wildman–Crippen LogP) is 4.84. The van der Waals surface area contributed by atoms with Gasteiger partial charge in [-0.1, -0.05) is 57.7 Å². The minimum absolute atomic E-state index is 0.115. The summed E-state index contributed by atoms with van der Waals surface area (Å²) in [6.45, 7) is 4.53. The van der Waals surface area contributed by atoms with Crippen LogP contribution in [0.1, 0.15) is 57.6 Å². The Morgan fingerprint density at radius 2 is 1.95 bits per heavy atom. The third-order valence-corrected chi connectivity index (χ3v) is 4.21. The molecular formula is C18H26N2. The SMILES string of the molecule is CCCCC(CC)CC(N)c1ccnc2ccccc12. The minimum atomic E-state index is 0.115. The van der Waals surface area contributed by atoms with Crippen LogP contribution in [0.15, 0.2) is 36.5 Å². The zero-order chi connectivity index (χ0) is 14.4. The summed E-state index contributed by atoms with van der Waals surface area (Å²) < 4.78 is 0. The summed E-state index contributed by atoms with van der Waals surface area (Å²) >= 11 is 0. The molecule has 1 aromatic carbocycles. The quantitative estimate of drug-likeness (QED) is 0.781. The molecule has 0 amide bonds. The maximum atomic E-state index is 6.48. The topological polar surface area (TPSA) is 38.9 Å². The summed E-state index contributed by atoms with van der Waals surface area (Å²) in [7, 11) is 0. The normalized spacial score (nSPS) is 14.3. The summed E-state index contributed by atoms with van der Waals surface area (Å²) in [5, 5.41) is 1.20. The third-order valence-electron chi connectivity index (χ3n) is 4.21. The zero-order valence-corrected chi connectivity index (χ0v) is 12.7. The molecule has 2 rings (SSSR count). The Morgan fingerprint density at radius 1 is 1.15 bits per heavy atom. The number of fused-ring (bicyclic) bond motifs is 1. The molecule has 0 saturated carbocycles. The largest absolute Gasteiger partial charge is 0.324 e. The van der Waals surface area contributed by atoms with Crippen molar-refractivity contribution in [1.82, 2.24) is 4.98 Å². The number of hydrogen-bond donors (Lipinski definition) is 1. The predicted molar refractivity (Wildman–Crippen MR) is 86.6 cm³/mol. The van der Waals surface area contributed by atoms with Crippen molar-refractivity contribution in [3.05, 3.63) is 42.1 Å². The Morgan fingerprint density at radius 3 is 2.70 bits per heavy atom. The summed E-state index contributed by atoms with van der Waals surface area (Å²) in [4.78, 5) is 4.42. The van der Waals surface area contributed by atoms with Crippen molar-refractivity contribution < 1.29 is 0 Å². The fourth-order valence-electron chi connectivity index (χ4n) is 2.91. The first kappa shape index (κ1) is 15.0. The molecule has 0 aliphatic rings. The van der Waals surface area contributed by atoms with Gasteiger partial charge in [0.2, 0.25) is 0 Å². The Bertz CT molecular complexity index is 530. The lowest BCUT2D eigenvalue weighted by atomic mass is 9.89. The van der Waals surface area contributed by atoms with Gasteiger partial charge in [0.05, 0.1) is 5.52 Å². The number of nitrogens with two attached hydrogens (primary N) is 1. The molecule has 2 heteroatoms. The summed E-state index contributed by atoms with van der Waals surface area (Å²) in [5.74, 6) is 0.733. The first-order chi connectivity index (χ1) is 9.76. The molecule has 0 spiro atoms. The van der Waals surface area contributed by atoms with Crippen LogP contribution in [-0.2, 0) is 0 Å². The molecule has 0 aliphatic carbocycles. The second kappa shape index (κ2) is 7.39. The van der Waals surface area contributed by atoms with E-state index in [2.05, 4.69) is 43.1 Å². The number of hydrogen-bond acceptors (Lipinski definition) is 2. The highest BCUT2D eigenvalue weighted by Gasteiger charge is 2.15. The van der Waals surface area contributed by atoms with Crippen LogP contribution in [0.2, 0.25) is 0 Å². The maximum Gasteiger partial charge on any atom is 0.0705 e. The number of aromatic nitrogens is 1. The Hall–Kier alpha value is -1.41. The van der Waals surface area contributed by atoms with E-state index in [1.807, 2.05) is 12.3 Å². The van der Waals surface area contributed by atoms with Crippen molar-refractivity contribution in [1.29, 1.82) is 0 Å². The van der Waals surface area contributed by atoms with Crippen LogP contribution in [0.4, 0.5) is 0 Å². The molecule has 0 bridgehead atoms. The number of benzene rings is 1. The van der Waals surface area contributed by atoms with Crippen LogP contribution in [0, 0.1) is 5.92 Å². The van der Waals surface area contributed by atoms with E-state index in [-0.39, 0.29) is 6.04 Å². The lowest BCUT2D eigenvalue weighted by Crippen LogP contribution is -2.16. The van der Waals surface area contributed by atoms with E-state index < -0.39 is 0 Å². The second-order valence-electron chi connectivity index (χ2n) is 5.68. The lowest BCUT2D eigenvalue weighted by molar-refractivity contribution is 0.389. The van der Waals surface area contributed by atoms with Gasteiger partial charge in [-0.2, -0.15) is 0 Å². The van der Waals surface area contributed by atoms with Crippen LogP contribution >= 0.6 is 0 Å². The molecule has 2 N–H and O–H groups in total. The van der Waals surface area contributed by atoms with E-state index in [1.54, 1.807) is 0 Å². The molecule has 0 fully saturated rings. The Kier molecular flexibility index (Phi) is 5.54. The first-order valence-corrected chi connectivity index (χ1v) is 7.85. The average molecular weight is 270 g/mol. The molecule has 2 atom stereocenters. The molecule has 2 unspecified atom stereocenters. The van der Waals surface area contributed by atoms with Gasteiger partial charge in [0.25, 0.3) is 0 Å². The standard InChI is InChI=1S/C18H26N2/c1-3-5-8-14(4-2)13-17(19)15-11-12-20-18-10-7-6-9-16(15)18/h6-7,9-12,14,17H,3-5,8,13,19H2,1-2H3. The van der Waals surface area contributed by atoms with Crippen LogP contribution in [0.3, 0.4) is 0 Å². The Balaban J connectivity index is 2.16. The molecule has 1 heterocycles. The van der Waals surface area contributed by atoms with Gasteiger partial charge in [0.15, 0.2) is 0 Å². The molecular weight excluding hydrogens is 244 g/mol. The van der Waals surface area contributed by atoms with Crippen molar-refractivity contribution in [3.8, 4) is 0 Å². The number of pyridine rings is 1.